The van der Waals surface area contributed by atoms with Crippen LogP contribution < -0.4 is 0 Å². The van der Waals surface area contributed by atoms with Crippen LogP contribution in [0.1, 0.15) is 44.1 Å². The van der Waals surface area contributed by atoms with Crippen molar-refractivity contribution >= 4 is 11.1 Å². The lowest BCUT2D eigenvalue weighted by molar-refractivity contribution is 0.147. The Balaban J connectivity index is 2.09. The molecule has 0 amide bonds. The van der Waals surface area contributed by atoms with Crippen molar-refractivity contribution in [3.05, 3.63) is 35.9 Å². The monoisotopic (exact) mass is 252 g/mol. The predicted octanol–water partition coefficient (Wildman–Crippen LogP) is 3.41. The number of rotatable bonds is 4. The van der Waals surface area contributed by atoms with Gasteiger partial charge in [-0.05, 0) is 18.4 Å². The summed E-state index contributed by atoms with van der Waals surface area (Å²) in [5.74, 6) is 0.998. The van der Waals surface area contributed by atoms with Crippen LogP contribution in [0, 0.1) is 0 Å². The summed E-state index contributed by atoms with van der Waals surface area (Å²) in [5, 5.41) is 0. The van der Waals surface area contributed by atoms with E-state index in [0.29, 0.717) is 11.7 Å². The minimum absolute atomic E-state index is 0.131. The molecule has 0 unspecified atom stereocenters. The van der Waals surface area contributed by atoms with Gasteiger partial charge in [-0.15, -0.1) is 0 Å². The molecule has 0 spiro atoms. The topological polar surface area (TPSA) is 26.3 Å². The molecule has 0 bridgehead atoms. The average Bonchev–Trinajstić information content (AvgIpc) is 2.40. The molecule has 0 aliphatic heterocycles. The van der Waals surface area contributed by atoms with Gasteiger partial charge in [0.1, 0.15) is 0 Å². The third-order valence-electron chi connectivity index (χ3n) is 3.40. The van der Waals surface area contributed by atoms with E-state index in [1.807, 2.05) is 13.0 Å². The lowest BCUT2D eigenvalue weighted by Crippen LogP contribution is -2.27. The van der Waals surface area contributed by atoms with Crippen LogP contribution in [0.5, 0.6) is 0 Å². The smallest absolute Gasteiger partial charge is 0.155 e. The Labute approximate surface area is 106 Å². The fourth-order valence-electron chi connectivity index (χ4n) is 2.50. The SMILES string of the molecule is CC[S@](=O)O[C@H]1CCCC[C@@H]1c1ccccc1. The molecule has 94 valence electrons. The Kier molecular flexibility index (Phi) is 4.75. The maximum absolute atomic E-state index is 11.5. The minimum atomic E-state index is -1.12. The van der Waals surface area contributed by atoms with Crippen LogP contribution in [0.4, 0.5) is 0 Å². The van der Waals surface area contributed by atoms with Crippen LogP contribution in [-0.2, 0) is 15.3 Å². The summed E-state index contributed by atoms with van der Waals surface area (Å²) in [6, 6.07) is 10.5. The van der Waals surface area contributed by atoms with E-state index in [1.54, 1.807) is 0 Å². The standard InChI is InChI=1S/C14H20O2S/c1-2-17(15)16-14-11-7-6-10-13(14)12-8-4-3-5-9-12/h3-5,8-9,13-14H,2,6-7,10-11H2,1H3/t13-,14+,17-/m1/s1. The highest BCUT2D eigenvalue weighted by Crippen LogP contribution is 2.35. The van der Waals surface area contributed by atoms with Crippen molar-refractivity contribution in [3.8, 4) is 0 Å². The average molecular weight is 252 g/mol. The van der Waals surface area contributed by atoms with Crippen LogP contribution >= 0.6 is 0 Å². The molecule has 0 radical (unpaired) electrons. The second-order valence-electron chi connectivity index (χ2n) is 4.53. The summed E-state index contributed by atoms with van der Waals surface area (Å²) >= 11 is -1.12. The molecule has 1 fully saturated rings. The van der Waals surface area contributed by atoms with Crippen LogP contribution in [-0.4, -0.2) is 16.1 Å². The Bertz CT molecular complexity index is 364. The van der Waals surface area contributed by atoms with Crippen LogP contribution in [0.15, 0.2) is 30.3 Å². The van der Waals surface area contributed by atoms with Gasteiger partial charge in [0.2, 0.25) is 0 Å². The van der Waals surface area contributed by atoms with Gasteiger partial charge in [-0.1, -0.05) is 50.1 Å². The van der Waals surface area contributed by atoms with Crippen molar-refractivity contribution in [3.63, 3.8) is 0 Å². The Morgan fingerprint density at radius 1 is 1.24 bits per heavy atom. The van der Waals surface area contributed by atoms with Gasteiger partial charge in [0.05, 0.1) is 6.10 Å². The molecule has 3 heteroatoms. The van der Waals surface area contributed by atoms with E-state index in [9.17, 15) is 4.21 Å². The fraction of sp³-hybridized carbons (Fsp3) is 0.571. The van der Waals surface area contributed by atoms with Gasteiger partial charge in [0.15, 0.2) is 11.1 Å². The molecule has 2 rings (SSSR count). The molecular formula is C14H20O2S. The molecule has 1 aliphatic rings. The largest absolute Gasteiger partial charge is 0.287 e. The Morgan fingerprint density at radius 2 is 1.94 bits per heavy atom. The second kappa shape index (κ2) is 6.31. The molecule has 0 N–H and O–H groups in total. The van der Waals surface area contributed by atoms with Crippen molar-refractivity contribution in [2.45, 2.75) is 44.6 Å². The lowest BCUT2D eigenvalue weighted by atomic mass is 9.82. The zero-order valence-electron chi connectivity index (χ0n) is 10.3. The maximum atomic E-state index is 11.5. The first-order valence-electron chi connectivity index (χ1n) is 6.41. The molecule has 2 nitrogen and oxygen atoms in total. The number of benzene rings is 1. The first-order valence-corrected chi connectivity index (χ1v) is 7.66. The quantitative estimate of drug-likeness (QED) is 0.821. The highest BCUT2D eigenvalue weighted by atomic mass is 32.2. The van der Waals surface area contributed by atoms with Crippen molar-refractivity contribution in [2.24, 2.45) is 0 Å². The molecule has 1 saturated carbocycles. The molecule has 1 aliphatic carbocycles. The molecule has 1 aromatic rings. The van der Waals surface area contributed by atoms with E-state index in [-0.39, 0.29) is 6.10 Å². The van der Waals surface area contributed by atoms with Gasteiger partial charge in [-0.25, -0.2) is 4.21 Å². The zero-order chi connectivity index (χ0) is 12.1. The van der Waals surface area contributed by atoms with Crippen molar-refractivity contribution in [2.75, 3.05) is 5.75 Å². The summed E-state index contributed by atoms with van der Waals surface area (Å²) in [5.41, 5.74) is 1.32. The van der Waals surface area contributed by atoms with Gasteiger partial charge in [0.25, 0.3) is 0 Å². The van der Waals surface area contributed by atoms with Crippen molar-refractivity contribution in [1.29, 1.82) is 0 Å². The fourth-order valence-corrected chi connectivity index (χ4v) is 3.14. The van der Waals surface area contributed by atoms with E-state index in [4.69, 9.17) is 4.18 Å². The number of hydrogen-bond donors (Lipinski definition) is 0. The summed E-state index contributed by atoms with van der Waals surface area (Å²) < 4.78 is 17.2. The van der Waals surface area contributed by atoms with Crippen molar-refractivity contribution < 1.29 is 8.39 Å². The molecule has 0 saturated heterocycles. The molecule has 0 aromatic heterocycles. The lowest BCUT2D eigenvalue weighted by Gasteiger charge is -2.30. The van der Waals surface area contributed by atoms with Gasteiger partial charge in [-0.3, -0.25) is 4.18 Å². The summed E-state index contributed by atoms with van der Waals surface area (Å²) in [4.78, 5) is 0. The normalized spacial score (nSPS) is 26.6. The van der Waals surface area contributed by atoms with Crippen LogP contribution in [0.25, 0.3) is 0 Å². The highest BCUT2D eigenvalue weighted by Gasteiger charge is 2.28. The van der Waals surface area contributed by atoms with Gasteiger partial charge in [0, 0.05) is 11.7 Å². The van der Waals surface area contributed by atoms with E-state index in [1.165, 1.54) is 18.4 Å². The Hall–Kier alpha value is -0.670. The summed E-state index contributed by atoms with van der Waals surface area (Å²) in [7, 11) is 0. The molecule has 0 heterocycles. The summed E-state index contributed by atoms with van der Waals surface area (Å²) in [6.07, 6.45) is 4.75. The van der Waals surface area contributed by atoms with E-state index < -0.39 is 11.1 Å². The molecule has 3 atom stereocenters. The number of hydrogen-bond acceptors (Lipinski definition) is 2. The van der Waals surface area contributed by atoms with E-state index in [2.05, 4.69) is 24.3 Å². The molecule has 1 aromatic carbocycles. The Morgan fingerprint density at radius 3 is 2.65 bits per heavy atom. The third-order valence-corrected chi connectivity index (χ3v) is 4.33. The first kappa shape index (κ1) is 12.8. The van der Waals surface area contributed by atoms with Crippen molar-refractivity contribution in [1.82, 2.24) is 0 Å². The summed E-state index contributed by atoms with van der Waals surface area (Å²) in [6.45, 7) is 1.90. The third kappa shape index (κ3) is 3.39. The van der Waals surface area contributed by atoms with E-state index >= 15 is 0 Å². The van der Waals surface area contributed by atoms with Crippen LogP contribution in [0.2, 0.25) is 0 Å². The van der Waals surface area contributed by atoms with Gasteiger partial charge in [-0.2, -0.15) is 0 Å². The first-order chi connectivity index (χ1) is 8.31. The highest BCUT2D eigenvalue weighted by molar-refractivity contribution is 7.80. The molecule has 17 heavy (non-hydrogen) atoms. The predicted molar refractivity (Wildman–Crippen MR) is 71.2 cm³/mol. The van der Waals surface area contributed by atoms with Gasteiger partial charge >= 0.3 is 0 Å². The van der Waals surface area contributed by atoms with Gasteiger partial charge < -0.3 is 0 Å². The molecular weight excluding hydrogens is 232 g/mol. The maximum Gasteiger partial charge on any atom is 0.155 e. The van der Waals surface area contributed by atoms with Crippen LogP contribution in [0.3, 0.4) is 0 Å². The van der Waals surface area contributed by atoms with E-state index in [0.717, 1.165) is 12.8 Å². The second-order valence-corrected chi connectivity index (χ2v) is 5.91. The zero-order valence-corrected chi connectivity index (χ0v) is 11.1. The minimum Gasteiger partial charge on any atom is -0.287 e.